The summed E-state index contributed by atoms with van der Waals surface area (Å²) < 4.78 is 26.8. The van der Waals surface area contributed by atoms with E-state index in [1.807, 2.05) is 24.3 Å². The Balaban J connectivity index is 1.89. The molecular weight excluding hydrogens is 512 g/mol. The molecule has 0 N–H and O–H groups in total. The van der Waals surface area contributed by atoms with E-state index in [0.717, 1.165) is 43.4 Å². The van der Waals surface area contributed by atoms with Gasteiger partial charge in [0.25, 0.3) is 0 Å². The first-order valence-electron chi connectivity index (χ1n) is 14.1. The molecule has 6 heteroatoms. The van der Waals surface area contributed by atoms with Gasteiger partial charge in [0.2, 0.25) is 0 Å². The van der Waals surface area contributed by atoms with Crippen molar-refractivity contribution in [2.75, 3.05) is 6.61 Å². The number of hydrogen-bond acceptors (Lipinski definition) is 4. The van der Waals surface area contributed by atoms with Crippen molar-refractivity contribution in [3.63, 3.8) is 0 Å². The quantitative estimate of drug-likeness (QED) is 0.135. The molecule has 1 unspecified atom stereocenters. The number of hydrogen-bond donors (Lipinski definition) is 0. The van der Waals surface area contributed by atoms with Crippen LogP contribution in [0.4, 0.5) is 4.39 Å². The summed E-state index contributed by atoms with van der Waals surface area (Å²) in [6.07, 6.45) is 15.6. The van der Waals surface area contributed by atoms with E-state index in [0.29, 0.717) is 22.9 Å². The second-order valence-corrected chi connectivity index (χ2v) is 22.7. The molecule has 0 saturated heterocycles. The zero-order valence-corrected chi connectivity index (χ0v) is 25.7. The van der Waals surface area contributed by atoms with Crippen LogP contribution in [0.2, 0.25) is 17.3 Å². The Hall–Kier alpha value is -1.63. The van der Waals surface area contributed by atoms with Crippen molar-refractivity contribution in [3.05, 3.63) is 36.7 Å². The number of alkyl halides is 1. The number of halogens is 1. The van der Waals surface area contributed by atoms with E-state index in [2.05, 4.69) is 41.1 Å². The van der Waals surface area contributed by atoms with E-state index in [1.54, 1.807) is 19.3 Å². The van der Waals surface area contributed by atoms with Gasteiger partial charge in [-0.1, -0.05) is 32.6 Å². The Labute approximate surface area is 222 Å². The molecule has 2 atom stereocenters. The molecule has 0 saturated carbocycles. The zero-order chi connectivity index (χ0) is 26.4. The minimum atomic E-state index is -1.97. The van der Waals surface area contributed by atoms with Crippen molar-refractivity contribution in [2.45, 2.75) is 119 Å². The summed E-state index contributed by atoms with van der Waals surface area (Å²) in [6, 6.07) is 8.06. The van der Waals surface area contributed by atoms with Crippen molar-refractivity contribution < 1.29 is 13.9 Å². The van der Waals surface area contributed by atoms with Gasteiger partial charge < -0.3 is 0 Å². The van der Waals surface area contributed by atoms with E-state index in [4.69, 9.17) is 9.47 Å². The molecule has 1 heterocycles. The Morgan fingerprint density at radius 3 is 2.00 bits per heavy atom. The van der Waals surface area contributed by atoms with Crippen molar-refractivity contribution in [2.24, 2.45) is 0 Å². The van der Waals surface area contributed by atoms with Crippen LogP contribution in [0, 0.1) is 0 Å². The molecule has 0 aliphatic heterocycles. The average Bonchev–Trinajstić information content (AvgIpc) is 2.85. The monoisotopic (exact) mass is 562 g/mol. The predicted molar refractivity (Wildman–Crippen MR) is 152 cm³/mol. The van der Waals surface area contributed by atoms with E-state index in [1.165, 1.54) is 32.1 Å². The molecular formula is C30H49FGeN2O2. The normalized spacial score (nSPS) is 14.3. The van der Waals surface area contributed by atoms with Crippen LogP contribution in [0.15, 0.2) is 36.7 Å². The summed E-state index contributed by atoms with van der Waals surface area (Å²) in [7, 11) is 0. The average molecular weight is 561 g/mol. The Morgan fingerprint density at radius 2 is 1.42 bits per heavy atom. The molecule has 0 fully saturated rings. The van der Waals surface area contributed by atoms with Crippen LogP contribution in [0.1, 0.15) is 91.4 Å². The summed E-state index contributed by atoms with van der Waals surface area (Å²) in [4.78, 5) is 9.24. The first-order valence-corrected chi connectivity index (χ1v) is 21.6. The SMILES string of the molecule is CCCCCCC[CH](Oc1ccc(-c2ncc(OC[C@@](C)(F)CCCCCC)cn2)cc1)[Ge]([CH3])([CH3])[CH3]. The second kappa shape index (κ2) is 15.6. The van der Waals surface area contributed by atoms with Gasteiger partial charge in [-0.15, -0.1) is 0 Å². The van der Waals surface area contributed by atoms with Gasteiger partial charge in [0.05, 0.1) is 0 Å². The summed E-state index contributed by atoms with van der Waals surface area (Å²) >= 11 is -1.97. The van der Waals surface area contributed by atoms with Crippen molar-refractivity contribution >= 4 is 13.3 Å². The van der Waals surface area contributed by atoms with Crippen molar-refractivity contribution in [3.8, 4) is 22.9 Å². The molecule has 202 valence electrons. The van der Waals surface area contributed by atoms with Crippen LogP contribution >= 0.6 is 0 Å². The third kappa shape index (κ3) is 11.6. The van der Waals surface area contributed by atoms with Gasteiger partial charge in [0.15, 0.2) is 0 Å². The van der Waals surface area contributed by atoms with Crippen LogP contribution in [0.5, 0.6) is 11.5 Å². The Bertz CT molecular complexity index is 851. The van der Waals surface area contributed by atoms with Gasteiger partial charge in [0.1, 0.15) is 5.67 Å². The fraction of sp³-hybridized carbons (Fsp3) is 0.667. The molecule has 4 nitrogen and oxygen atoms in total. The molecule has 0 radical (unpaired) electrons. The predicted octanol–water partition coefficient (Wildman–Crippen LogP) is 9.21. The van der Waals surface area contributed by atoms with E-state index < -0.39 is 18.9 Å². The number of unbranched alkanes of at least 4 members (excludes halogenated alkanes) is 7. The molecule has 0 aliphatic carbocycles. The molecule has 2 aromatic rings. The Morgan fingerprint density at radius 1 is 0.833 bits per heavy atom. The third-order valence-electron chi connectivity index (χ3n) is 6.65. The van der Waals surface area contributed by atoms with E-state index in [-0.39, 0.29) is 6.61 Å². The van der Waals surface area contributed by atoms with Crippen LogP contribution < -0.4 is 9.47 Å². The van der Waals surface area contributed by atoms with Crippen molar-refractivity contribution in [1.29, 1.82) is 0 Å². The molecule has 0 aliphatic rings. The maximum atomic E-state index is 14.7. The van der Waals surface area contributed by atoms with Gasteiger partial charge in [-0.25, -0.2) is 4.39 Å². The molecule has 36 heavy (non-hydrogen) atoms. The second-order valence-electron chi connectivity index (χ2n) is 11.5. The number of aromatic nitrogens is 2. The summed E-state index contributed by atoms with van der Waals surface area (Å²) in [6.45, 7) is 6.04. The molecule has 0 bridgehead atoms. The van der Waals surface area contributed by atoms with Gasteiger partial charge in [-0.05, 0) is 13.3 Å². The molecule has 2 rings (SSSR count). The summed E-state index contributed by atoms with van der Waals surface area (Å²) in [5, 5.41) is 0. The summed E-state index contributed by atoms with van der Waals surface area (Å²) in [5.41, 5.74) is -0.416. The van der Waals surface area contributed by atoms with Gasteiger partial charge in [-0.3, -0.25) is 0 Å². The molecule has 0 amide bonds. The standard InChI is InChI=1S/C30H49FGeN2O2/c1-7-9-11-13-14-16-28(32(4,5)6)36-26-19-17-25(18-20-26)29-33-22-27(23-34-29)35-24-30(3,31)21-15-12-10-8-2/h17-20,22-23,28H,7-16,21,24H2,1-6H3/t28?,30-/m0/s1. The minimum absolute atomic E-state index is 0.0197. The first-order chi connectivity index (χ1) is 17.1. The number of rotatable bonds is 18. The van der Waals surface area contributed by atoms with Gasteiger partial charge >= 0.3 is 167 Å². The number of nitrogens with zero attached hydrogens (tertiary/aromatic N) is 2. The van der Waals surface area contributed by atoms with Crippen LogP contribution in [0.3, 0.4) is 0 Å². The molecule has 1 aromatic heterocycles. The van der Waals surface area contributed by atoms with E-state index >= 15 is 0 Å². The maximum absolute atomic E-state index is 14.7. The first kappa shape index (κ1) is 30.6. The number of benzene rings is 1. The van der Waals surface area contributed by atoms with Crippen molar-refractivity contribution in [1.82, 2.24) is 9.97 Å². The number of ether oxygens (including phenoxy) is 2. The molecule has 0 spiro atoms. The fourth-order valence-electron chi connectivity index (χ4n) is 4.21. The van der Waals surface area contributed by atoms with Crippen LogP contribution in [-0.2, 0) is 0 Å². The molecule has 1 aromatic carbocycles. The van der Waals surface area contributed by atoms with Gasteiger partial charge in [-0.2, -0.15) is 0 Å². The Kier molecular flexibility index (Phi) is 13.2. The zero-order valence-electron chi connectivity index (χ0n) is 23.6. The summed E-state index contributed by atoms with van der Waals surface area (Å²) in [5.74, 6) is 9.33. The van der Waals surface area contributed by atoms with Gasteiger partial charge in [0, 0.05) is 0 Å². The third-order valence-corrected chi connectivity index (χ3v) is 11.6. The van der Waals surface area contributed by atoms with Crippen LogP contribution in [-0.4, -0.2) is 40.4 Å². The fourth-order valence-corrected chi connectivity index (χ4v) is 7.49. The van der Waals surface area contributed by atoms with E-state index in [9.17, 15) is 4.39 Å². The van der Waals surface area contributed by atoms with Crippen LogP contribution in [0.25, 0.3) is 11.4 Å². The topological polar surface area (TPSA) is 44.2 Å².